The fourth-order valence-corrected chi connectivity index (χ4v) is 2.26. The van der Waals surface area contributed by atoms with Crippen molar-refractivity contribution in [3.8, 4) is 11.5 Å². The molecule has 0 aliphatic rings. The Hall–Kier alpha value is -1.91. The summed E-state index contributed by atoms with van der Waals surface area (Å²) in [5, 5.41) is 11.1. The van der Waals surface area contributed by atoms with Crippen LogP contribution < -0.4 is 15.2 Å². The van der Waals surface area contributed by atoms with Gasteiger partial charge < -0.3 is 20.3 Å². The first-order valence-electron chi connectivity index (χ1n) is 6.02. The lowest BCUT2D eigenvalue weighted by Crippen LogP contribution is -2.06. The molecule has 0 amide bonds. The number of hydrogen-bond donors (Lipinski definition) is 2. The number of nitrogens with two attached hydrogens (primary N) is 1. The average molecular weight is 294 g/mol. The predicted octanol–water partition coefficient (Wildman–Crippen LogP) is 3.02. The van der Waals surface area contributed by atoms with Gasteiger partial charge in [0.1, 0.15) is 6.10 Å². The van der Waals surface area contributed by atoms with Gasteiger partial charge in [0.25, 0.3) is 0 Å². The van der Waals surface area contributed by atoms with Crippen molar-refractivity contribution in [2.45, 2.75) is 6.10 Å². The number of nitrogen functional groups attached to an aromatic ring is 1. The third kappa shape index (κ3) is 2.66. The van der Waals surface area contributed by atoms with Crippen LogP contribution in [0.15, 0.2) is 36.4 Å². The van der Waals surface area contributed by atoms with Crippen LogP contribution in [-0.4, -0.2) is 19.3 Å². The van der Waals surface area contributed by atoms with Crippen molar-refractivity contribution in [3.63, 3.8) is 0 Å². The van der Waals surface area contributed by atoms with Crippen LogP contribution in [-0.2, 0) is 0 Å². The lowest BCUT2D eigenvalue weighted by molar-refractivity contribution is 0.214. The van der Waals surface area contributed by atoms with Gasteiger partial charge in [-0.05, 0) is 24.3 Å². The molecule has 2 rings (SSSR count). The number of hydrogen-bond acceptors (Lipinski definition) is 4. The molecule has 20 heavy (non-hydrogen) atoms. The van der Waals surface area contributed by atoms with Gasteiger partial charge in [-0.3, -0.25) is 0 Å². The van der Waals surface area contributed by atoms with Gasteiger partial charge in [-0.25, -0.2) is 0 Å². The number of aliphatic hydroxyl groups excluding tert-OH is 1. The Morgan fingerprint density at radius 3 is 2.50 bits per heavy atom. The van der Waals surface area contributed by atoms with Crippen LogP contribution in [0.3, 0.4) is 0 Å². The lowest BCUT2D eigenvalue weighted by Gasteiger charge is -2.18. The molecule has 1 atom stereocenters. The number of rotatable bonds is 4. The van der Waals surface area contributed by atoms with E-state index in [1.54, 1.807) is 43.5 Å². The summed E-state index contributed by atoms with van der Waals surface area (Å²) >= 11 is 5.96. The Morgan fingerprint density at radius 2 is 1.85 bits per heavy atom. The number of anilines is 1. The summed E-state index contributed by atoms with van der Waals surface area (Å²) in [4.78, 5) is 0. The van der Waals surface area contributed by atoms with Crippen molar-refractivity contribution in [1.29, 1.82) is 0 Å². The van der Waals surface area contributed by atoms with Gasteiger partial charge in [0.2, 0.25) is 0 Å². The highest BCUT2D eigenvalue weighted by Crippen LogP contribution is 2.38. The normalized spacial score (nSPS) is 12.0. The van der Waals surface area contributed by atoms with Crippen molar-refractivity contribution in [3.05, 3.63) is 52.5 Å². The minimum atomic E-state index is -0.946. The third-order valence-electron chi connectivity index (χ3n) is 3.07. The number of ether oxygens (including phenoxy) is 2. The van der Waals surface area contributed by atoms with Crippen LogP contribution in [0.5, 0.6) is 11.5 Å². The number of methoxy groups -OCH3 is 2. The summed E-state index contributed by atoms with van der Waals surface area (Å²) in [5.41, 5.74) is 7.47. The van der Waals surface area contributed by atoms with E-state index < -0.39 is 6.10 Å². The summed E-state index contributed by atoms with van der Waals surface area (Å²) in [5.74, 6) is 1.02. The molecular weight excluding hydrogens is 278 g/mol. The maximum Gasteiger partial charge on any atom is 0.166 e. The second kappa shape index (κ2) is 6.03. The molecular formula is C15H16ClNO3. The number of halogens is 1. The van der Waals surface area contributed by atoms with E-state index in [4.69, 9.17) is 26.8 Å². The number of para-hydroxylation sites is 1. The van der Waals surface area contributed by atoms with Gasteiger partial charge in [-0.2, -0.15) is 0 Å². The van der Waals surface area contributed by atoms with Gasteiger partial charge in [0, 0.05) is 21.8 Å². The first-order valence-corrected chi connectivity index (χ1v) is 6.40. The molecule has 0 bridgehead atoms. The Balaban J connectivity index is 2.53. The molecule has 106 valence electrons. The standard InChI is InChI=1S/C15H16ClNO3/c1-19-13-5-3-4-10(15(13)20-2)14(18)11-8-9(16)6-7-12(11)17/h3-8,14,18H,17H2,1-2H3/t14-/m0/s1. The van der Waals surface area contributed by atoms with E-state index in [0.29, 0.717) is 33.3 Å². The van der Waals surface area contributed by atoms with Crippen LogP contribution in [0, 0.1) is 0 Å². The topological polar surface area (TPSA) is 64.7 Å². The first-order chi connectivity index (χ1) is 9.58. The van der Waals surface area contributed by atoms with Crippen molar-refractivity contribution < 1.29 is 14.6 Å². The van der Waals surface area contributed by atoms with E-state index in [0.717, 1.165) is 0 Å². The highest BCUT2D eigenvalue weighted by atomic mass is 35.5. The highest BCUT2D eigenvalue weighted by Gasteiger charge is 2.20. The van der Waals surface area contributed by atoms with Crippen LogP contribution >= 0.6 is 11.6 Å². The molecule has 5 heteroatoms. The minimum absolute atomic E-state index is 0.465. The van der Waals surface area contributed by atoms with Gasteiger partial charge in [-0.1, -0.05) is 23.7 Å². The van der Waals surface area contributed by atoms with E-state index >= 15 is 0 Å². The number of benzene rings is 2. The van der Waals surface area contributed by atoms with E-state index in [-0.39, 0.29) is 0 Å². The van der Waals surface area contributed by atoms with Crippen molar-refractivity contribution in [2.24, 2.45) is 0 Å². The maximum absolute atomic E-state index is 10.6. The number of aliphatic hydroxyl groups is 1. The summed E-state index contributed by atoms with van der Waals surface area (Å²) in [6.07, 6.45) is -0.946. The highest BCUT2D eigenvalue weighted by molar-refractivity contribution is 6.30. The van der Waals surface area contributed by atoms with E-state index in [2.05, 4.69) is 0 Å². The van der Waals surface area contributed by atoms with Crippen molar-refractivity contribution >= 4 is 17.3 Å². The quantitative estimate of drug-likeness (QED) is 0.851. The summed E-state index contributed by atoms with van der Waals surface area (Å²) in [7, 11) is 3.07. The SMILES string of the molecule is COc1cccc([C@H](O)c2cc(Cl)ccc2N)c1OC. The van der Waals surface area contributed by atoms with Gasteiger partial charge in [-0.15, -0.1) is 0 Å². The fourth-order valence-electron chi connectivity index (χ4n) is 2.08. The second-order valence-electron chi connectivity index (χ2n) is 4.26. The average Bonchev–Trinajstić information content (AvgIpc) is 2.48. The minimum Gasteiger partial charge on any atom is -0.493 e. The van der Waals surface area contributed by atoms with Crippen LogP contribution in [0.4, 0.5) is 5.69 Å². The largest absolute Gasteiger partial charge is 0.493 e. The Kier molecular flexibility index (Phi) is 4.37. The van der Waals surface area contributed by atoms with Gasteiger partial charge in [0.15, 0.2) is 11.5 Å². The maximum atomic E-state index is 10.6. The van der Waals surface area contributed by atoms with Gasteiger partial charge in [0.05, 0.1) is 14.2 Å². The molecule has 0 saturated carbocycles. The Bertz CT molecular complexity index is 616. The molecule has 0 spiro atoms. The fraction of sp³-hybridized carbons (Fsp3) is 0.200. The zero-order valence-corrected chi connectivity index (χ0v) is 12.0. The molecule has 2 aromatic carbocycles. The Labute approximate surface area is 122 Å². The zero-order valence-electron chi connectivity index (χ0n) is 11.3. The van der Waals surface area contributed by atoms with E-state index in [9.17, 15) is 5.11 Å². The molecule has 0 aromatic heterocycles. The zero-order chi connectivity index (χ0) is 14.7. The smallest absolute Gasteiger partial charge is 0.166 e. The molecule has 0 unspecified atom stereocenters. The summed E-state index contributed by atoms with van der Waals surface area (Å²) < 4.78 is 10.5. The molecule has 3 N–H and O–H groups in total. The van der Waals surface area contributed by atoms with Gasteiger partial charge >= 0.3 is 0 Å². The summed E-state index contributed by atoms with van der Waals surface area (Å²) in [6.45, 7) is 0. The molecule has 0 radical (unpaired) electrons. The predicted molar refractivity (Wildman–Crippen MR) is 79.5 cm³/mol. The molecule has 0 aliphatic heterocycles. The van der Waals surface area contributed by atoms with Crippen LogP contribution in [0.2, 0.25) is 5.02 Å². The second-order valence-corrected chi connectivity index (χ2v) is 4.69. The van der Waals surface area contributed by atoms with Crippen molar-refractivity contribution in [1.82, 2.24) is 0 Å². The van der Waals surface area contributed by atoms with Crippen LogP contribution in [0.1, 0.15) is 17.2 Å². The molecule has 0 aliphatic carbocycles. The summed E-state index contributed by atoms with van der Waals surface area (Å²) in [6, 6.07) is 10.3. The van der Waals surface area contributed by atoms with E-state index in [1.165, 1.54) is 7.11 Å². The first kappa shape index (κ1) is 14.5. The lowest BCUT2D eigenvalue weighted by atomic mass is 9.99. The van der Waals surface area contributed by atoms with Crippen LogP contribution in [0.25, 0.3) is 0 Å². The molecule has 4 nitrogen and oxygen atoms in total. The molecule has 0 saturated heterocycles. The molecule has 0 heterocycles. The third-order valence-corrected chi connectivity index (χ3v) is 3.31. The molecule has 2 aromatic rings. The molecule has 0 fully saturated rings. The monoisotopic (exact) mass is 293 g/mol. The van der Waals surface area contributed by atoms with E-state index in [1.807, 2.05) is 0 Å². The van der Waals surface area contributed by atoms with Crippen molar-refractivity contribution in [2.75, 3.05) is 20.0 Å². The Morgan fingerprint density at radius 1 is 1.10 bits per heavy atom.